The number of nitrogens with one attached hydrogen (secondary N) is 1. The lowest BCUT2D eigenvalue weighted by Crippen LogP contribution is -2.41. The maximum atomic E-state index is 3.75. The summed E-state index contributed by atoms with van der Waals surface area (Å²) in [5.41, 5.74) is 2.94. The van der Waals surface area contributed by atoms with E-state index in [2.05, 4.69) is 43.4 Å². The van der Waals surface area contributed by atoms with Crippen molar-refractivity contribution in [1.82, 2.24) is 5.32 Å². The Balaban J connectivity index is 1.53. The standard InChI is InChI=1S/C15H21N/c1-10-4-3-5-12(6-10)13-8-14(9-13)16-15-7-11(15)2/h3-6,11,13-16H,7-9H2,1-2H3. The van der Waals surface area contributed by atoms with Gasteiger partial charge in [0.05, 0.1) is 0 Å². The first-order chi connectivity index (χ1) is 7.72. The minimum atomic E-state index is 0.792. The molecule has 1 aromatic carbocycles. The zero-order chi connectivity index (χ0) is 11.1. The number of aryl methyl sites for hydroxylation is 1. The number of hydrogen-bond donors (Lipinski definition) is 1. The Morgan fingerprint density at radius 1 is 1.19 bits per heavy atom. The van der Waals surface area contributed by atoms with Gasteiger partial charge < -0.3 is 5.32 Å². The van der Waals surface area contributed by atoms with Crippen LogP contribution in [-0.4, -0.2) is 12.1 Å². The predicted octanol–water partition coefficient (Wildman–Crippen LogP) is 3.24. The molecule has 2 fully saturated rings. The zero-order valence-electron chi connectivity index (χ0n) is 10.2. The van der Waals surface area contributed by atoms with Gasteiger partial charge in [0.25, 0.3) is 0 Å². The highest BCUT2D eigenvalue weighted by atomic mass is 15.0. The van der Waals surface area contributed by atoms with Gasteiger partial charge in [0.15, 0.2) is 0 Å². The van der Waals surface area contributed by atoms with Gasteiger partial charge in [-0.3, -0.25) is 0 Å². The SMILES string of the molecule is Cc1cccc(C2CC(NC3CC3C)C2)c1. The molecule has 2 saturated carbocycles. The molecule has 0 aliphatic heterocycles. The number of benzene rings is 1. The molecule has 2 aliphatic carbocycles. The van der Waals surface area contributed by atoms with E-state index in [9.17, 15) is 0 Å². The van der Waals surface area contributed by atoms with Gasteiger partial charge in [0.1, 0.15) is 0 Å². The average molecular weight is 215 g/mol. The molecule has 2 unspecified atom stereocenters. The number of hydrogen-bond acceptors (Lipinski definition) is 1. The molecule has 0 amide bonds. The fourth-order valence-corrected chi connectivity index (χ4v) is 2.81. The van der Waals surface area contributed by atoms with E-state index in [1.54, 1.807) is 5.56 Å². The van der Waals surface area contributed by atoms with Crippen molar-refractivity contribution in [3.8, 4) is 0 Å². The smallest absolute Gasteiger partial charge is 0.00989 e. The topological polar surface area (TPSA) is 12.0 Å². The van der Waals surface area contributed by atoms with E-state index >= 15 is 0 Å². The fraction of sp³-hybridized carbons (Fsp3) is 0.600. The fourth-order valence-electron chi connectivity index (χ4n) is 2.81. The molecule has 86 valence electrons. The third-order valence-electron chi connectivity index (χ3n) is 4.21. The lowest BCUT2D eigenvalue weighted by atomic mass is 9.75. The van der Waals surface area contributed by atoms with Crippen LogP contribution in [0.1, 0.15) is 43.2 Å². The van der Waals surface area contributed by atoms with Crippen LogP contribution < -0.4 is 5.32 Å². The van der Waals surface area contributed by atoms with Gasteiger partial charge in [0.2, 0.25) is 0 Å². The molecule has 1 N–H and O–H groups in total. The summed E-state index contributed by atoms with van der Waals surface area (Å²) in [6.07, 6.45) is 4.07. The van der Waals surface area contributed by atoms with E-state index in [1.807, 2.05) is 0 Å². The molecule has 1 heteroatoms. The second kappa shape index (κ2) is 3.89. The molecule has 0 spiro atoms. The van der Waals surface area contributed by atoms with E-state index in [0.29, 0.717) is 0 Å². The molecule has 0 aromatic heterocycles. The van der Waals surface area contributed by atoms with Gasteiger partial charge in [-0.15, -0.1) is 0 Å². The van der Waals surface area contributed by atoms with Crippen LogP contribution in [0.5, 0.6) is 0 Å². The van der Waals surface area contributed by atoms with Crippen molar-refractivity contribution in [3.63, 3.8) is 0 Å². The second-order valence-corrected chi connectivity index (χ2v) is 5.77. The molecule has 0 heterocycles. The minimum Gasteiger partial charge on any atom is -0.311 e. The van der Waals surface area contributed by atoms with Crippen LogP contribution in [-0.2, 0) is 0 Å². The largest absolute Gasteiger partial charge is 0.311 e. The van der Waals surface area contributed by atoms with Crippen LogP contribution in [0.2, 0.25) is 0 Å². The molecule has 0 radical (unpaired) electrons. The Bertz CT molecular complexity index is 379. The van der Waals surface area contributed by atoms with Crippen molar-refractivity contribution < 1.29 is 0 Å². The molecule has 16 heavy (non-hydrogen) atoms. The lowest BCUT2D eigenvalue weighted by Gasteiger charge is -2.36. The Hall–Kier alpha value is -0.820. The molecule has 1 aromatic rings. The highest BCUT2D eigenvalue weighted by molar-refractivity contribution is 5.27. The Morgan fingerprint density at radius 3 is 2.56 bits per heavy atom. The summed E-state index contributed by atoms with van der Waals surface area (Å²) in [4.78, 5) is 0. The van der Waals surface area contributed by atoms with E-state index in [-0.39, 0.29) is 0 Å². The summed E-state index contributed by atoms with van der Waals surface area (Å²) in [5, 5.41) is 3.75. The minimum absolute atomic E-state index is 0.792. The average Bonchev–Trinajstić information content (AvgIpc) is 2.87. The summed E-state index contributed by atoms with van der Waals surface area (Å²) >= 11 is 0. The molecule has 0 saturated heterocycles. The lowest BCUT2D eigenvalue weighted by molar-refractivity contribution is 0.286. The van der Waals surface area contributed by atoms with Crippen LogP contribution in [0.15, 0.2) is 24.3 Å². The maximum absolute atomic E-state index is 3.75. The summed E-state index contributed by atoms with van der Waals surface area (Å²) in [6, 6.07) is 10.6. The van der Waals surface area contributed by atoms with E-state index in [0.717, 1.165) is 23.9 Å². The molecule has 1 nitrogen and oxygen atoms in total. The first-order valence-electron chi connectivity index (χ1n) is 6.55. The quantitative estimate of drug-likeness (QED) is 0.816. The van der Waals surface area contributed by atoms with Gasteiger partial charge in [-0.1, -0.05) is 36.8 Å². The monoisotopic (exact) mass is 215 g/mol. The highest BCUT2D eigenvalue weighted by Gasteiger charge is 2.38. The Morgan fingerprint density at radius 2 is 1.94 bits per heavy atom. The first-order valence-corrected chi connectivity index (χ1v) is 6.55. The Labute approximate surface area is 98.3 Å². The van der Waals surface area contributed by atoms with Crippen molar-refractivity contribution in [2.45, 2.75) is 51.1 Å². The van der Waals surface area contributed by atoms with Crippen molar-refractivity contribution in [2.75, 3.05) is 0 Å². The van der Waals surface area contributed by atoms with Crippen LogP contribution in [0.3, 0.4) is 0 Å². The molecule has 0 bridgehead atoms. The van der Waals surface area contributed by atoms with Crippen LogP contribution in [0.4, 0.5) is 0 Å². The van der Waals surface area contributed by atoms with Gasteiger partial charge >= 0.3 is 0 Å². The van der Waals surface area contributed by atoms with Crippen molar-refractivity contribution >= 4 is 0 Å². The molecular formula is C15H21N. The third kappa shape index (κ3) is 2.01. The molecule has 2 atom stereocenters. The van der Waals surface area contributed by atoms with Gasteiger partial charge in [-0.2, -0.15) is 0 Å². The number of rotatable bonds is 3. The van der Waals surface area contributed by atoms with E-state index in [1.165, 1.54) is 24.8 Å². The third-order valence-corrected chi connectivity index (χ3v) is 4.21. The molecule has 3 rings (SSSR count). The van der Waals surface area contributed by atoms with E-state index in [4.69, 9.17) is 0 Å². The summed E-state index contributed by atoms with van der Waals surface area (Å²) < 4.78 is 0. The predicted molar refractivity (Wildman–Crippen MR) is 67.6 cm³/mol. The van der Waals surface area contributed by atoms with Crippen LogP contribution >= 0.6 is 0 Å². The van der Waals surface area contributed by atoms with Crippen molar-refractivity contribution in [1.29, 1.82) is 0 Å². The maximum Gasteiger partial charge on any atom is 0.00989 e. The highest BCUT2D eigenvalue weighted by Crippen LogP contribution is 2.40. The van der Waals surface area contributed by atoms with Gasteiger partial charge in [0, 0.05) is 12.1 Å². The normalized spacial score (nSPS) is 36.9. The molecular weight excluding hydrogens is 194 g/mol. The summed E-state index contributed by atoms with van der Waals surface area (Å²) in [7, 11) is 0. The molecule has 2 aliphatic rings. The Kier molecular flexibility index (Phi) is 2.51. The summed E-state index contributed by atoms with van der Waals surface area (Å²) in [6.45, 7) is 4.53. The van der Waals surface area contributed by atoms with Gasteiger partial charge in [-0.05, 0) is 43.6 Å². The van der Waals surface area contributed by atoms with Crippen LogP contribution in [0, 0.1) is 12.8 Å². The summed E-state index contributed by atoms with van der Waals surface area (Å²) in [5.74, 6) is 1.74. The van der Waals surface area contributed by atoms with Gasteiger partial charge in [-0.25, -0.2) is 0 Å². The zero-order valence-corrected chi connectivity index (χ0v) is 10.2. The van der Waals surface area contributed by atoms with Crippen molar-refractivity contribution in [3.05, 3.63) is 35.4 Å². The second-order valence-electron chi connectivity index (χ2n) is 5.77. The first kappa shape index (κ1) is 10.3. The van der Waals surface area contributed by atoms with E-state index < -0.39 is 0 Å². The van der Waals surface area contributed by atoms with Crippen LogP contribution in [0.25, 0.3) is 0 Å². The van der Waals surface area contributed by atoms with Crippen molar-refractivity contribution in [2.24, 2.45) is 5.92 Å².